The smallest absolute Gasteiger partial charge is 0.247 e. The van der Waals surface area contributed by atoms with Crippen LogP contribution in [0.5, 0.6) is 0 Å². The fourth-order valence-corrected chi connectivity index (χ4v) is 3.93. The van der Waals surface area contributed by atoms with Crippen molar-refractivity contribution < 1.29 is 19.2 Å². The number of rotatable bonds is 4. The Balaban J connectivity index is 1.59. The molecule has 0 aromatic carbocycles. The molecule has 0 saturated carbocycles. The molecule has 24 heavy (non-hydrogen) atoms. The van der Waals surface area contributed by atoms with Gasteiger partial charge in [0.05, 0.1) is 24.9 Å². The van der Waals surface area contributed by atoms with Gasteiger partial charge in [-0.15, -0.1) is 0 Å². The number of hydrogen-bond donors (Lipinski definition) is 0. The summed E-state index contributed by atoms with van der Waals surface area (Å²) in [6.45, 7) is 6.96. The summed E-state index contributed by atoms with van der Waals surface area (Å²) in [7, 11) is 0. The van der Waals surface area contributed by atoms with Crippen LogP contribution in [0.4, 0.5) is 0 Å². The van der Waals surface area contributed by atoms with Crippen molar-refractivity contribution in [3.8, 4) is 0 Å². The zero-order valence-electron chi connectivity index (χ0n) is 14.2. The number of nitrogens with zero attached hydrogens (tertiary/aromatic N) is 4. The molecule has 3 saturated heterocycles. The van der Waals surface area contributed by atoms with E-state index < -0.39 is 0 Å². The summed E-state index contributed by atoms with van der Waals surface area (Å²) in [5.41, 5.74) is 0. The van der Waals surface area contributed by atoms with Crippen molar-refractivity contribution in [1.29, 1.82) is 0 Å². The quantitative estimate of drug-likeness (QED) is 0.606. The normalized spacial score (nSPS) is 30.1. The second-order valence-electron chi connectivity index (χ2n) is 6.46. The minimum absolute atomic E-state index is 0.106. The van der Waals surface area contributed by atoms with Gasteiger partial charge in [0, 0.05) is 39.3 Å². The van der Waals surface area contributed by atoms with Crippen LogP contribution in [0.1, 0.15) is 26.7 Å². The fourth-order valence-electron chi connectivity index (χ4n) is 3.93. The molecular weight excluding hydrogens is 312 g/mol. The zero-order chi connectivity index (χ0) is 17.4. The standard InChI is InChI=1S/C16H24N4O4/c1-3-19-13(21)9-11(15(19)23)17-5-7-18(8-6-17)12-10-14(22)20(4-2)16(12)24/h11-12H,3-10H2,1-2H3/t11-,12+. The van der Waals surface area contributed by atoms with E-state index in [4.69, 9.17) is 0 Å². The van der Waals surface area contributed by atoms with Gasteiger partial charge in [-0.3, -0.25) is 38.8 Å². The molecule has 3 aliphatic rings. The Morgan fingerprint density at radius 2 is 1.04 bits per heavy atom. The van der Waals surface area contributed by atoms with Gasteiger partial charge in [-0.25, -0.2) is 0 Å². The van der Waals surface area contributed by atoms with Crippen LogP contribution in [-0.2, 0) is 19.2 Å². The molecule has 3 rings (SSSR count). The molecule has 0 unspecified atom stereocenters. The third kappa shape index (κ3) is 2.73. The first-order valence-corrected chi connectivity index (χ1v) is 8.64. The fraction of sp³-hybridized carbons (Fsp3) is 0.750. The second-order valence-corrected chi connectivity index (χ2v) is 6.46. The maximum Gasteiger partial charge on any atom is 0.247 e. The highest BCUT2D eigenvalue weighted by atomic mass is 16.2. The summed E-state index contributed by atoms with van der Waals surface area (Å²) < 4.78 is 0. The monoisotopic (exact) mass is 336 g/mol. The molecule has 0 N–H and O–H groups in total. The van der Waals surface area contributed by atoms with Crippen LogP contribution in [0.15, 0.2) is 0 Å². The van der Waals surface area contributed by atoms with Crippen LogP contribution >= 0.6 is 0 Å². The first-order chi connectivity index (χ1) is 11.5. The predicted molar refractivity (Wildman–Crippen MR) is 84.7 cm³/mol. The van der Waals surface area contributed by atoms with Gasteiger partial charge in [0.2, 0.25) is 23.6 Å². The van der Waals surface area contributed by atoms with E-state index >= 15 is 0 Å². The minimum Gasteiger partial charge on any atom is -0.289 e. The van der Waals surface area contributed by atoms with E-state index in [-0.39, 0.29) is 48.6 Å². The number of hydrogen-bond acceptors (Lipinski definition) is 6. The van der Waals surface area contributed by atoms with Crippen LogP contribution in [-0.4, -0.2) is 94.6 Å². The summed E-state index contributed by atoms with van der Waals surface area (Å²) in [6, 6.07) is -0.736. The van der Waals surface area contributed by atoms with Crippen LogP contribution in [0, 0.1) is 0 Å². The van der Waals surface area contributed by atoms with Gasteiger partial charge >= 0.3 is 0 Å². The molecule has 0 aliphatic carbocycles. The van der Waals surface area contributed by atoms with Crippen molar-refractivity contribution in [3.05, 3.63) is 0 Å². The van der Waals surface area contributed by atoms with Crippen molar-refractivity contribution in [2.75, 3.05) is 39.3 Å². The number of likely N-dealkylation sites (N-methyl/N-ethyl adjacent to an activating group) is 2. The van der Waals surface area contributed by atoms with E-state index in [9.17, 15) is 19.2 Å². The molecular formula is C16H24N4O4. The number of piperazine rings is 1. The van der Waals surface area contributed by atoms with Crippen LogP contribution in [0.25, 0.3) is 0 Å². The number of carbonyl (C=O) groups is 4. The van der Waals surface area contributed by atoms with Gasteiger partial charge in [0.1, 0.15) is 0 Å². The Bertz CT molecular complexity index is 520. The highest BCUT2D eigenvalue weighted by Crippen LogP contribution is 2.23. The lowest BCUT2D eigenvalue weighted by molar-refractivity contribution is -0.142. The lowest BCUT2D eigenvalue weighted by atomic mass is 10.1. The SMILES string of the molecule is CCN1C(=O)C[C@@H](N2CCN([C@H]3CC(=O)N(CC)C3=O)CC2)C1=O. The van der Waals surface area contributed by atoms with Crippen LogP contribution < -0.4 is 0 Å². The van der Waals surface area contributed by atoms with Crippen molar-refractivity contribution in [2.45, 2.75) is 38.8 Å². The third-order valence-corrected chi connectivity index (χ3v) is 5.30. The predicted octanol–water partition coefficient (Wildman–Crippen LogP) is -1.10. The number of imide groups is 2. The van der Waals surface area contributed by atoms with Gasteiger partial charge < -0.3 is 0 Å². The Morgan fingerprint density at radius 1 is 0.708 bits per heavy atom. The molecule has 2 atom stereocenters. The summed E-state index contributed by atoms with van der Waals surface area (Å²) in [6.07, 6.45) is 0.494. The van der Waals surface area contributed by atoms with E-state index in [1.165, 1.54) is 9.80 Å². The van der Waals surface area contributed by atoms with Gasteiger partial charge in [0.15, 0.2) is 0 Å². The maximum absolute atomic E-state index is 12.3. The van der Waals surface area contributed by atoms with Crippen LogP contribution in [0.2, 0.25) is 0 Å². The van der Waals surface area contributed by atoms with Gasteiger partial charge in [-0.2, -0.15) is 0 Å². The van der Waals surface area contributed by atoms with E-state index in [1.54, 1.807) is 13.8 Å². The summed E-state index contributed by atoms with van der Waals surface area (Å²) in [5, 5.41) is 0. The molecule has 0 aromatic heterocycles. The van der Waals surface area contributed by atoms with E-state index in [2.05, 4.69) is 0 Å². The van der Waals surface area contributed by atoms with Crippen molar-refractivity contribution in [1.82, 2.24) is 19.6 Å². The molecule has 0 spiro atoms. The molecule has 8 nitrogen and oxygen atoms in total. The van der Waals surface area contributed by atoms with E-state index in [0.717, 1.165) is 0 Å². The van der Waals surface area contributed by atoms with Gasteiger partial charge in [-0.05, 0) is 13.8 Å². The topological polar surface area (TPSA) is 81.2 Å². The number of amides is 4. The summed E-state index contributed by atoms with van der Waals surface area (Å²) in [4.78, 5) is 55.0. The summed E-state index contributed by atoms with van der Waals surface area (Å²) >= 11 is 0. The minimum atomic E-state index is -0.368. The molecule has 3 heterocycles. The average Bonchev–Trinajstić information content (AvgIpc) is 3.03. The highest BCUT2D eigenvalue weighted by Gasteiger charge is 2.45. The highest BCUT2D eigenvalue weighted by molar-refractivity contribution is 6.06. The zero-order valence-corrected chi connectivity index (χ0v) is 14.2. The molecule has 132 valence electrons. The molecule has 3 aliphatic heterocycles. The van der Waals surface area contributed by atoms with Crippen molar-refractivity contribution in [3.63, 3.8) is 0 Å². The molecule has 3 fully saturated rings. The van der Waals surface area contributed by atoms with E-state index in [1.807, 2.05) is 9.80 Å². The summed E-state index contributed by atoms with van der Waals surface area (Å²) in [5.74, 6) is -0.435. The Morgan fingerprint density at radius 3 is 1.29 bits per heavy atom. The van der Waals surface area contributed by atoms with Gasteiger partial charge in [-0.1, -0.05) is 0 Å². The van der Waals surface area contributed by atoms with Crippen molar-refractivity contribution >= 4 is 23.6 Å². The Labute approximate surface area is 141 Å². The van der Waals surface area contributed by atoms with Gasteiger partial charge in [0.25, 0.3) is 0 Å². The molecule has 0 bridgehead atoms. The molecule has 0 radical (unpaired) electrons. The Kier molecular flexibility index (Phi) is 4.69. The van der Waals surface area contributed by atoms with Crippen LogP contribution in [0.3, 0.4) is 0 Å². The third-order valence-electron chi connectivity index (χ3n) is 5.30. The Hall–Kier alpha value is -1.80. The number of carbonyl (C=O) groups excluding carboxylic acids is 4. The largest absolute Gasteiger partial charge is 0.289 e. The van der Waals surface area contributed by atoms with Crippen molar-refractivity contribution in [2.24, 2.45) is 0 Å². The first-order valence-electron chi connectivity index (χ1n) is 8.64. The molecule has 4 amide bonds. The first kappa shape index (κ1) is 17.0. The number of likely N-dealkylation sites (tertiary alicyclic amines) is 2. The second kappa shape index (κ2) is 6.60. The van der Waals surface area contributed by atoms with E-state index in [0.29, 0.717) is 39.3 Å². The molecule has 0 aromatic rings. The molecule has 8 heteroatoms. The lowest BCUT2D eigenvalue weighted by Crippen LogP contribution is -2.56. The average molecular weight is 336 g/mol. The maximum atomic E-state index is 12.3. The lowest BCUT2D eigenvalue weighted by Gasteiger charge is -2.38.